The summed E-state index contributed by atoms with van der Waals surface area (Å²) in [6.07, 6.45) is -2.76. The van der Waals surface area contributed by atoms with Crippen molar-refractivity contribution in [3.05, 3.63) is 11.1 Å². The Bertz CT molecular complexity index is 1800. The minimum atomic E-state index is -2.20. The fourth-order valence-corrected chi connectivity index (χ4v) is 15.7. The molecule has 60 heavy (non-hydrogen) atoms. The Kier molecular flexibility index (Phi) is 11.0. The summed E-state index contributed by atoms with van der Waals surface area (Å²) in [6, 6.07) is 0. The molecule has 0 aromatic heterocycles. The molecule has 14 atom stereocenters. The van der Waals surface area contributed by atoms with Crippen molar-refractivity contribution in [1.29, 1.82) is 0 Å². The molecule has 2 unspecified atom stereocenters. The molecule has 4 saturated heterocycles. The van der Waals surface area contributed by atoms with Gasteiger partial charge in [0.25, 0.3) is 0 Å². The molecule has 6 fully saturated rings. The Labute approximate surface area is 360 Å². The predicted octanol–water partition coefficient (Wildman–Crippen LogP) is 6.21. The molecule has 5 aliphatic heterocycles. The van der Waals surface area contributed by atoms with Crippen LogP contribution in [0.1, 0.15) is 52.9 Å². The van der Waals surface area contributed by atoms with Gasteiger partial charge in [-0.3, -0.25) is 9.59 Å². The van der Waals surface area contributed by atoms with Crippen molar-refractivity contribution >= 4 is 51.2 Å². The van der Waals surface area contributed by atoms with E-state index in [2.05, 4.69) is 99.3 Å². The second-order valence-corrected chi connectivity index (χ2v) is 40.8. The summed E-state index contributed by atoms with van der Waals surface area (Å²) in [7, 11) is -8.66. The lowest BCUT2D eigenvalue weighted by Crippen LogP contribution is -2.70. The average molecular weight is 911 g/mol. The summed E-state index contributed by atoms with van der Waals surface area (Å²) >= 11 is 0. The second-order valence-electron chi connectivity index (χ2n) is 22.9. The monoisotopic (exact) mass is 910 g/mol. The van der Waals surface area contributed by atoms with Crippen molar-refractivity contribution in [3.8, 4) is 0 Å². The molecule has 3 aliphatic carbocycles. The van der Waals surface area contributed by atoms with E-state index in [0.29, 0.717) is 19.4 Å². The molecular weight excluding hydrogens is 841 g/mol. The summed E-state index contributed by atoms with van der Waals surface area (Å²) in [5, 5.41) is 0. The SMILES string of the molecule is CC(C)[C@]12O[C@H]1[C@@H]1O[C@]13[C@]1(O[C@H]1C[C@H]1C4=C(CC[C@@]13C)C(=O)OC4)[C@@H]2OC(=O)CCC(=O)OCC1O[C@H](O[Si](C)(C)C)[C@@H](O[Si](C)(C)C)C(O[Si](C)(C)C)[C@@H]1O[Si](C)(C)C. The number of hydrogen-bond donors (Lipinski definition) is 0. The van der Waals surface area contributed by atoms with E-state index in [-0.39, 0.29) is 61.0 Å². The standard InChI is InChI=1S/C42H70O14Si4/c1-23(2)40-34(51-40)35-42(52-35)39(3)19-18-24-25(21-47-36(24)45)26(39)20-28-41(42,50-28)38(40)49-30(44)17-16-29(43)46-22-27-31(53-57(4,5)6)32(54-58(7,8)9)33(55-59(10,11)12)37(48-27)56-60(13,14)15/h23,26-28,31-35,37-38H,16-22H2,1-15H3/t26-,27?,28-,31+,32?,33-,34-,35-,37+,38+,39-,40-,41+,42+/m0/s1. The van der Waals surface area contributed by atoms with Crippen molar-refractivity contribution in [2.75, 3.05) is 13.2 Å². The zero-order chi connectivity index (χ0) is 44.0. The van der Waals surface area contributed by atoms with E-state index in [9.17, 15) is 14.4 Å². The van der Waals surface area contributed by atoms with E-state index in [1.165, 1.54) is 0 Å². The molecular formula is C42H70O14Si4. The third-order valence-electron chi connectivity index (χ3n) is 13.8. The Hall–Kier alpha value is -1.30. The first-order valence-corrected chi connectivity index (χ1v) is 35.8. The highest BCUT2D eigenvalue weighted by Crippen LogP contribution is 2.83. The highest BCUT2D eigenvalue weighted by Gasteiger charge is 3.01. The lowest BCUT2D eigenvalue weighted by molar-refractivity contribution is -0.270. The first kappa shape index (κ1) is 45.3. The van der Waals surface area contributed by atoms with Crippen molar-refractivity contribution in [1.82, 2.24) is 0 Å². The van der Waals surface area contributed by atoms with Gasteiger partial charge >= 0.3 is 17.9 Å². The van der Waals surface area contributed by atoms with Crippen LogP contribution < -0.4 is 0 Å². The highest BCUT2D eigenvalue weighted by molar-refractivity contribution is 6.71. The van der Waals surface area contributed by atoms with Gasteiger partial charge in [0, 0.05) is 11.0 Å². The third-order valence-corrected chi connectivity index (χ3v) is 17.7. The molecule has 0 radical (unpaired) electrons. The van der Waals surface area contributed by atoms with Crippen molar-refractivity contribution < 1.29 is 65.2 Å². The number of rotatable bonds is 15. The molecule has 14 nitrogen and oxygen atoms in total. The van der Waals surface area contributed by atoms with Crippen LogP contribution >= 0.6 is 0 Å². The van der Waals surface area contributed by atoms with E-state index in [0.717, 1.165) is 17.6 Å². The largest absolute Gasteiger partial charge is 0.463 e. The molecule has 8 aliphatic rings. The van der Waals surface area contributed by atoms with Crippen molar-refractivity contribution in [2.24, 2.45) is 17.3 Å². The second kappa shape index (κ2) is 14.6. The molecule has 338 valence electrons. The van der Waals surface area contributed by atoms with Gasteiger partial charge in [-0.15, -0.1) is 0 Å². The van der Waals surface area contributed by atoms with Crippen LogP contribution in [-0.4, -0.2) is 136 Å². The van der Waals surface area contributed by atoms with Crippen LogP contribution in [0.3, 0.4) is 0 Å². The molecule has 0 bridgehead atoms. The van der Waals surface area contributed by atoms with Gasteiger partial charge in [-0.1, -0.05) is 20.8 Å². The molecule has 18 heteroatoms. The molecule has 0 aromatic carbocycles. The maximum atomic E-state index is 13.9. The normalized spacial score (nSPS) is 42.8. The minimum Gasteiger partial charge on any atom is -0.463 e. The van der Waals surface area contributed by atoms with Crippen LogP contribution in [0.25, 0.3) is 0 Å². The zero-order valence-corrected chi connectivity index (χ0v) is 42.5. The molecule has 0 aromatic rings. The van der Waals surface area contributed by atoms with Crippen molar-refractivity contribution in [2.45, 2.75) is 203 Å². The van der Waals surface area contributed by atoms with E-state index < -0.39 is 98.8 Å². The average Bonchev–Trinajstić information content (AvgIpc) is 4.02. The number of carbonyl (C=O) groups excluding carboxylic acids is 3. The first-order valence-electron chi connectivity index (χ1n) is 22.2. The van der Waals surface area contributed by atoms with Gasteiger partial charge in [0.05, 0.1) is 18.9 Å². The number of cyclic esters (lactones) is 1. The Morgan fingerprint density at radius 2 is 1.37 bits per heavy atom. The quantitative estimate of drug-likeness (QED) is 0.0789. The van der Waals surface area contributed by atoms with Gasteiger partial charge in [-0.2, -0.15) is 0 Å². The fourth-order valence-electron chi connectivity index (χ4n) is 11.6. The number of ether oxygens (including phenoxy) is 7. The fraction of sp³-hybridized carbons (Fsp3) is 0.881. The van der Waals surface area contributed by atoms with Crippen LogP contribution in [0.15, 0.2) is 11.1 Å². The van der Waals surface area contributed by atoms with Gasteiger partial charge in [0.1, 0.15) is 61.0 Å². The number of fused-ring (bicyclic) bond motifs is 4. The van der Waals surface area contributed by atoms with Gasteiger partial charge < -0.3 is 50.9 Å². The van der Waals surface area contributed by atoms with Gasteiger partial charge in [0.2, 0.25) is 0 Å². The summed E-state index contributed by atoms with van der Waals surface area (Å²) in [5.41, 5.74) is -0.837. The highest BCUT2D eigenvalue weighted by atomic mass is 28.4. The zero-order valence-electron chi connectivity index (χ0n) is 38.5. The van der Waals surface area contributed by atoms with Crippen LogP contribution in [0.2, 0.25) is 78.6 Å². The summed E-state index contributed by atoms with van der Waals surface area (Å²) < 4.78 is 72.0. The summed E-state index contributed by atoms with van der Waals surface area (Å²) in [4.78, 5) is 40.1. The molecule has 5 heterocycles. The van der Waals surface area contributed by atoms with E-state index in [1.54, 1.807) is 0 Å². The lowest BCUT2D eigenvalue weighted by Gasteiger charge is -2.53. The Balaban J connectivity index is 0.971. The van der Waals surface area contributed by atoms with Crippen LogP contribution in [-0.2, 0) is 65.2 Å². The summed E-state index contributed by atoms with van der Waals surface area (Å²) in [6.45, 7) is 32.1. The molecule has 8 rings (SSSR count). The Morgan fingerprint density at radius 3 is 1.98 bits per heavy atom. The number of epoxide rings is 3. The number of hydrogen-bond acceptors (Lipinski definition) is 14. The van der Waals surface area contributed by atoms with E-state index in [4.69, 9.17) is 50.9 Å². The molecule has 0 N–H and O–H groups in total. The van der Waals surface area contributed by atoms with Gasteiger partial charge in [-0.25, -0.2) is 4.79 Å². The molecule has 0 amide bonds. The van der Waals surface area contributed by atoms with Crippen LogP contribution in [0, 0.1) is 17.3 Å². The van der Waals surface area contributed by atoms with Gasteiger partial charge in [0.15, 0.2) is 51.3 Å². The smallest absolute Gasteiger partial charge is 0.334 e. The maximum absolute atomic E-state index is 13.9. The number of carbonyl (C=O) groups is 3. The van der Waals surface area contributed by atoms with E-state index in [1.807, 2.05) is 0 Å². The first-order chi connectivity index (χ1) is 27.6. The van der Waals surface area contributed by atoms with Crippen LogP contribution in [0.4, 0.5) is 0 Å². The minimum absolute atomic E-state index is 0.0128. The summed E-state index contributed by atoms with van der Waals surface area (Å²) in [5.74, 6) is -1.21. The topological polar surface area (TPSA) is 163 Å². The van der Waals surface area contributed by atoms with Crippen LogP contribution in [0.5, 0.6) is 0 Å². The maximum Gasteiger partial charge on any atom is 0.334 e. The van der Waals surface area contributed by atoms with Crippen molar-refractivity contribution in [3.63, 3.8) is 0 Å². The number of esters is 3. The molecule has 2 spiro atoms. The Morgan fingerprint density at radius 1 is 0.767 bits per heavy atom. The lowest BCUT2D eigenvalue weighted by atomic mass is 9.46. The molecule has 2 saturated carbocycles. The van der Waals surface area contributed by atoms with E-state index >= 15 is 0 Å². The third kappa shape index (κ3) is 7.54. The van der Waals surface area contributed by atoms with Gasteiger partial charge in [-0.05, 0) is 115 Å². The predicted molar refractivity (Wildman–Crippen MR) is 229 cm³/mol.